The minimum absolute atomic E-state index is 0.0354. The predicted octanol–water partition coefficient (Wildman–Crippen LogP) is 2.40. The highest BCUT2D eigenvalue weighted by Gasteiger charge is 2.14. The summed E-state index contributed by atoms with van der Waals surface area (Å²) in [5.41, 5.74) is 0.614. The number of Topliss-reactive ketones (excluding diaryl/α,β-unsaturated/α-hetero) is 2. The normalized spacial score (nSPS) is 13.2. The van der Waals surface area contributed by atoms with E-state index >= 15 is 0 Å². The number of ketones is 2. The molecule has 18 heavy (non-hydrogen) atoms. The van der Waals surface area contributed by atoms with Crippen molar-refractivity contribution in [2.24, 2.45) is 0 Å². The minimum Gasteiger partial charge on any atom is -0.486 e. The van der Waals surface area contributed by atoms with Crippen LogP contribution in [-0.4, -0.2) is 24.8 Å². The molecule has 0 amide bonds. The molecule has 4 heteroatoms. The zero-order chi connectivity index (χ0) is 13.0. The van der Waals surface area contributed by atoms with Gasteiger partial charge >= 0.3 is 0 Å². The summed E-state index contributed by atoms with van der Waals surface area (Å²) in [5.74, 6) is 1.46. The number of hydrogen-bond acceptors (Lipinski definition) is 4. The van der Waals surface area contributed by atoms with Crippen LogP contribution in [0.1, 0.15) is 36.5 Å². The largest absolute Gasteiger partial charge is 0.486 e. The molecule has 1 heterocycles. The molecule has 2 rings (SSSR count). The van der Waals surface area contributed by atoms with Gasteiger partial charge in [-0.3, -0.25) is 4.79 Å². The van der Waals surface area contributed by atoms with Crippen molar-refractivity contribution >= 4 is 11.6 Å². The molecule has 0 aromatic heterocycles. The van der Waals surface area contributed by atoms with Crippen molar-refractivity contribution in [1.82, 2.24) is 0 Å². The Morgan fingerprint density at radius 3 is 2.56 bits per heavy atom. The first-order chi connectivity index (χ1) is 8.66. The summed E-state index contributed by atoms with van der Waals surface area (Å²) in [7, 11) is 0. The molecular weight excluding hydrogens is 232 g/mol. The number of carbonyl (C=O) groups is 2. The fourth-order valence-corrected chi connectivity index (χ4v) is 1.86. The lowest BCUT2D eigenvalue weighted by molar-refractivity contribution is -0.117. The molecule has 0 radical (unpaired) electrons. The number of benzene rings is 1. The quantitative estimate of drug-likeness (QED) is 0.751. The predicted molar refractivity (Wildman–Crippen MR) is 66.3 cm³/mol. The highest BCUT2D eigenvalue weighted by Crippen LogP contribution is 2.31. The van der Waals surface area contributed by atoms with Gasteiger partial charge in [0.1, 0.15) is 19.0 Å². The molecule has 1 aromatic rings. The molecule has 0 bridgehead atoms. The maximum Gasteiger partial charge on any atom is 0.163 e. The van der Waals surface area contributed by atoms with Crippen LogP contribution in [0.3, 0.4) is 0 Å². The molecule has 1 aromatic carbocycles. The first kappa shape index (κ1) is 12.6. The fourth-order valence-electron chi connectivity index (χ4n) is 1.86. The monoisotopic (exact) mass is 248 g/mol. The molecular formula is C14H16O4. The van der Waals surface area contributed by atoms with Gasteiger partial charge in [0.25, 0.3) is 0 Å². The topological polar surface area (TPSA) is 52.6 Å². The molecule has 1 aliphatic rings. The number of fused-ring (bicyclic) bond motifs is 1. The van der Waals surface area contributed by atoms with Gasteiger partial charge in [0.2, 0.25) is 0 Å². The van der Waals surface area contributed by atoms with Crippen LogP contribution >= 0.6 is 0 Å². The van der Waals surface area contributed by atoms with E-state index in [0.717, 1.165) is 0 Å². The lowest BCUT2D eigenvalue weighted by Gasteiger charge is -2.18. The number of hydrogen-bond donors (Lipinski definition) is 0. The summed E-state index contributed by atoms with van der Waals surface area (Å²) in [6, 6.07) is 5.21. The van der Waals surface area contributed by atoms with E-state index in [4.69, 9.17) is 9.47 Å². The lowest BCUT2D eigenvalue weighted by Crippen LogP contribution is -2.15. The molecule has 0 aliphatic carbocycles. The third-order valence-electron chi connectivity index (χ3n) is 2.80. The van der Waals surface area contributed by atoms with E-state index in [1.54, 1.807) is 18.2 Å². The Kier molecular flexibility index (Phi) is 3.97. The Hall–Kier alpha value is -1.84. The summed E-state index contributed by atoms with van der Waals surface area (Å²) in [5, 5.41) is 0. The van der Waals surface area contributed by atoms with E-state index in [1.807, 2.05) is 0 Å². The molecule has 0 spiro atoms. The van der Waals surface area contributed by atoms with Crippen molar-refractivity contribution in [3.05, 3.63) is 23.8 Å². The van der Waals surface area contributed by atoms with Gasteiger partial charge in [-0.25, -0.2) is 0 Å². The number of ether oxygens (including phenoxy) is 2. The van der Waals surface area contributed by atoms with Gasteiger partial charge < -0.3 is 14.3 Å². The number of rotatable bonds is 5. The van der Waals surface area contributed by atoms with Crippen LogP contribution in [0.25, 0.3) is 0 Å². The van der Waals surface area contributed by atoms with Crippen LogP contribution in [0.2, 0.25) is 0 Å². The van der Waals surface area contributed by atoms with E-state index in [0.29, 0.717) is 49.5 Å². The second kappa shape index (κ2) is 5.67. The third-order valence-corrected chi connectivity index (χ3v) is 2.80. The van der Waals surface area contributed by atoms with Gasteiger partial charge in [-0.15, -0.1) is 0 Å². The Labute approximate surface area is 106 Å². The Bertz CT molecular complexity index is 465. The summed E-state index contributed by atoms with van der Waals surface area (Å²) < 4.78 is 10.8. The smallest absolute Gasteiger partial charge is 0.163 e. The van der Waals surface area contributed by atoms with Crippen LogP contribution in [0, 0.1) is 0 Å². The van der Waals surface area contributed by atoms with E-state index < -0.39 is 0 Å². The maximum atomic E-state index is 11.9. The second-order valence-electron chi connectivity index (χ2n) is 4.34. The molecule has 0 fully saturated rings. The maximum absolute atomic E-state index is 11.9. The van der Waals surface area contributed by atoms with E-state index in [1.165, 1.54) is 6.92 Å². The highest BCUT2D eigenvalue weighted by atomic mass is 16.6. The molecule has 0 saturated carbocycles. The summed E-state index contributed by atoms with van der Waals surface area (Å²) >= 11 is 0. The second-order valence-corrected chi connectivity index (χ2v) is 4.34. The third kappa shape index (κ3) is 3.09. The molecule has 96 valence electrons. The zero-order valence-electron chi connectivity index (χ0n) is 10.4. The van der Waals surface area contributed by atoms with Crippen molar-refractivity contribution in [3.8, 4) is 11.5 Å². The Morgan fingerprint density at radius 1 is 1.11 bits per heavy atom. The van der Waals surface area contributed by atoms with E-state index in [-0.39, 0.29) is 11.6 Å². The van der Waals surface area contributed by atoms with Gasteiger partial charge in [-0.1, -0.05) is 0 Å². The summed E-state index contributed by atoms with van der Waals surface area (Å²) in [6.45, 7) is 2.59. The summed E-state index contributed by atoms with van der Waals surface area (Å²) in [4.78, 5) is 22.7. The van der Waals surface area contributed by atoms with E-state index in [9.17, 15) is 9.59 Å². The van der Waals surface area contributed by atoms with Crippen molar-refractivity contribution in [2.75, 3.05) is 13.2 Å². The zero-order valence-corrected chi connectivity index (χ0v) is 10.4. The molecule has 0 unspecified atom stereocenters. The van der Waals surface area contributed by atoms with Crippen molar-refractivity contribution < 1.29 is 19.1 Å². The average Bonchev–Trinajstić information content (AvgIpc) is 2.37. The fraction of sp³-hybridized carbons (Fsp3) is 0.429. The van der Waals surface area contributed by atoms with Gasteiger partial charge in [0.05, 0.1) is 0 Å². The van der Waals surface area contributed by atoms with Crippen molar-refractivity contribution in [3.63, 3.8) is 0 Å². The van der Waals surface area contributed by atoms with Gasteiger partial charge in [-0.2, -0.15) is 0 Å². The Morgan fingerprint density at radius 2 is 1.83 bits per heavy atom. The van der Waals surface area contributed by atoms with Crippen LogP contribution in [0.5, 0.6) is 11.5 Å². The van der Waals surface area contributed by atoms with Crippen LogP contribution < -0.4 is 9.47 Å². The van der Waals surface area contributed by atoms with Crippen LogP contribution in [0.15, 0.2) is 18.2 Å². The first-order valence-corrected chi connectivity index (χ1v) is 6.09. The highest BCUT2D eigenvalue weighted by molar-refractivity contribution is 5.96. The van der Waals surface area contributed by atoms with Gasteiger partial charge in [-0.05, 0) is 31.5 Å². The molecule has 0 atom stereocenters. The Balaban J connectivity index is 2.00. The molecule has 1 aliphatic heterocycles. The van der Waals surface area contributed by atoms with Crippen molar-refractivity contribution in [1.29, 1.82) is 0 Å². The van der Waals surface area contributed by atoms with Crippen molar-refractivity contribution in [2.45, 2.75) is 26.2 Å². The average molecular weight is 248 g/mol. The molecule has 0 saturated heterocycles. The standard InChI is InChI=1S/C14H16O4/c1-10(15)3-2-4-12(16)11-5-6-13-14(9-11)18-8-7-17-13/h5-6,9H,2-4,7-8H2,1H3. The minimum atomic E-state index is 0.0354. The first-order valence-electron chi connectivity index (χ1n) is 6.09. The number of carbonyl (C=O) groups excluding carboxylic acids is 2. The SMILES string of the molecule is CC(=O)CCCC(=O)c1ccc2c(c1)OCCO2. The van der Waals surface area contributed by atoms with Gasteiger partial charge in [0, 0.05) is 18.4 Å². The van der Waals surface area contributed by atoms with Crippen LogP contribution in [0.4, 0.5) is 0 Å². The van der Waals surface area contributed by atoms with Crippen LogP contribution in [-0.2, 0) is 4.79 Å². The molecule has 0 N–H and O–H groups in total. The van der Waals surface area contributed by atoms with E-state index in [2.05, 4.69) is 0 Å². The van der Waals surface area contributed by atoms with Gasteiger partial charge in [0.15, 0.2) is 17.3 Å². The lowest BCUT2D eigenvalue weighted by atomic mass is 10.0. The molecule has 4 nitrogen and oxygen atoms in total. The summed E-state index contributed by atoms with van der Waals surface area (Å²) in [6.07, 6.45) is 1.44.